The monoisotopic (exact) mass is 494 g/mol. The SMILES string of the molecule is CCCn1c(SCc2nc3scc(-c4ccccc4)c3c(=O)[nH]2)nc2cc(Cl)ccc2c1=O. The van der Waals surface area contributed by atoms with E-state index in [1.165, 1.54) is 23.1 Å². The zero-order valence-corrected chi connectivity index (χ0v) is 20.1. The Balaban J connectivity index is 1.50. The van der Waals surface area contributed by atoms with Gasteiger partial charge in [-0.25, -0.2) is 9.97 Å². The number of aromatic nitrogens is 4. The fourth-order valence-electron chi connectivity index (χ4n) is 3.73. The molecule has 0 amide bonds. The van der Waals surface area contributed by atoms with Crippen LogP contribution in [0.4, 0.5) is 0 Å². The Morgan fingerprint density at radius 3 is 2.73 bits per heavy atom. The summed E-state index contributed by atoms with van der Waals surface area (Å²) in [5, 5.41) is 4.21. The second-order valence-electron chi connectivity index (χ2n) is 7.51. The van der Waals surface area contributed by atoms with E-state index in [-0.39, 0.29) is 11.1 Å². The second-order valence-corrected chi connectivity index (χ2v) is 9.75. The molecule has 0 aliphatic carbocycles. The molecule has 3 heterocycles. The average Bonchev–Trinajstić information content (AvgIpc) is 3.25. The van der Waals surface area contributed by atoms with E-state index in [1.807, 2.05) is 42.6 Å². The van der Waals surface area contributed by atoms with Crippen molar-refractivity contribution in [1.82, 2.24) is 19.5 Å². The maximum absolute atomic E-state index is 13.0. The number of benzene rings is 2. The Morgan fingerprint density at radius 2 is 1.94 bits per heavy atom. The molecule has 1 N–H and O–H groups in total. The van der Waals surface area contributed by atoms with Crippen molar-refractivity contribution < 1.29 is 0 Å². The van der Waals surface area contributed by atoms with Gasteiger partial charge in [0.05, 0.1) is 22.0 Å². The minimum absolute atomic E-state index is 0.0938. The summed E-state index contributed by atoms with van der Waals surface area (Å²) in [6.07, 6.45) is 0.798. The molecule has 0 atom stereocenters. The highest BCUT2D eigenvalue weighted by atomic mass is 35.5. The Kier molecular flexibility index (Phi) is 6.05. The first-order chi connectivity index (χ1) is 16.0. The molecule has 5 aromatic rings. The average molecular weight is 495 g/mol. The highest BCUT2D eigenvalue weighted by molar-refractivity contribution is 7.98. The molecule has 0 saturated carbocycles. The van der Waals surface area contributed by atoms with Gasteiger partial charge in [0.15, 0.2) is 5.16 Å². The lowest BCUT2D eigenvalue weighted by Gasteiger charge is -2.12. The van der Waals surface area contributed by atoms with Crippen LogP contribution in [-0.2, 0) is 12.3 Å². The number of halogens is 1. The van der Waals surface area contributed by atoms with Crippen LogP contribution in [0, 0.1) is 0 Å². The number of thioether (sulfide) groups is 1. The van der Waals surface area contributed by atoms with E-state index in [9.17, 15) is 9.59 Å². The first-order valence-corrected chi connectivity index (χ1v) is 12.7. The van der Waals surface area contributed by atoms with Crippen molar-refractivity contribution in [3.8, 4) is 11.1 Å². The third-order valence-electron chi connectivity index (χ3n) is 5.25. The molecule has 5 rings (SSSR count). The van der Waals surface area contributed by atoms with Gasteiger partial charge in [0.25, 0.3) is 11.1 Å². The van der Waals surface area contributed by atoms with Gasteiger partial charge in [-0.05, 0) is 30.2 Å². The number of H-pyrrole nitrogens is 1. The Hall–Kier alpha value is -2.94. The summed E-state index contributed by atoms with van der Waals surface area (Å²) in [4.78, 5) is 38.9. The molecule has 166 valence electrons. The van der Waals surface area contributed by atoms with Crippen molar-refractivity contribution in [2.75, 3.05) is 0 Å². The molecule has 9 heteroatoms. The summed E-state index contributed by atoms with van der Waals surface area (Å²) in [5.41, 5.74) is 2.17. The Morgan fingerprint density at radius 1 is 1.12 bits per heavy atom. The number of hydrogen-bond donors (Lipinski definition) is 1. The summed E-state index contributed by atoms with van der Waals surface area (Å²) in [6.45, 7) is 2.57. The molecule has 0 aliphatic rings. The van der Waals surface area contributed by atoms with E-state index in [0.29, 0.717) is 49.4 Å². The van der Waals surface area contributed by atoms with E-state index in [1.54, 1.807) is 22.8 Å². The fourth-order valence-corrected chi connectivity index (χ4v) is 5.76. The number of rotatable bonds is 6. The van der Waals surface area contributed by atoms with E-state index in [4.69, 9.17) is 11.6 Å². The normalized spacial score (nSPS) is 11.5. The Labute approximate surface area is 202 Å². The zero-order chi connectivity index (χ0) is 22.9. The van der Waals surface area contributed by atoms with Gasteiger partial charge in [-0.15, -0.1) is 11.3 Å². The fraction of sp³-hybridized carbons (Fsp3) is 0.167. The molecule has 0 bridgehead atoms. The van der Waals surface area contributed by atoms with Gasteiger partial charge in [0.1, 0.15) is 10.7 Å². The molecule has 3 aromatic heterocycles. The number of aromatic amines is 1. The number of nitrogens with zero attached hydrogens (tertiary/aromatic N) is 3. The van der Waals surface area contributed by atoms with Gasteiger partial charge in [-0.1, -0.05) is 60.6 Å². The lowest BCUT2D eigenvalue weighted by molar-refractivity contribution is 0.584. The van der Waals surface area contributed by atoms with Gasteiger partial charge < -0.3 is 4.98 Å². The molecule has 0 aliphatic heterocycles. The minimum Gasteiger partial charge on any atom is -0.309 e. The maximum Gasteiger partial charge on any atom is 0.262 e. The largest absolute Gasteiger partial charge is 0.309 e. The minimum atomic E-state index is -0.167. The third-order valence-corrected chi connectivity index (χ3v) is 7.34. The molecule has 0 fully saturated rings. The number of thiophene rings is 1. The Bertz CT molecular complexity index is 1590. The van der Waals surface area contributed by atoms with Crippen LogP contribution in [0.15, 0.2) is 68.7 Å². The molecule has 0 spiro atoms. The van der Waals surface area contributed by atoms with Crippen molar-refractivity contribution in [2.45, 2.75) is 30.8 Å². The van der Waals surface area contributed by atoms with Crippen LogP contribution >= 0.6 is 34.7 Å². The smallest absolute Gasteiger partial charge is 0.262 e. The predicted octanol–water partition coefficient (Wildman–Crippen LogP) is 5.72. The first-order valence-electron chi connectivity index (χ1n) is 10.4. The zero-order valence-electron chi connectivity index (χ0n) is 17.7. The molecule has 0 radical (unpaired) electrons. The standard InChI is InChI=1S/C24H19ClN4O2S2/c1-2-10-29-23(31)16-9-8-15(25)11-18(16)26-24(29)33-13-19-27-21(30)20-17(12-32-22(20)28-19)14-6-4-3-5-7-14/h3-9,11-12H,2,10,13H2,1H3,(H,27,28,30). The van der Waals surface area contributed by atoms with Gasteiger partial charge >= 0.3 is 0 Å². The van der Waals surface area contributed by atoms with Crippen LogP contribution < -0.4 is 11.1 Å². The van der Waals surface area contributed by atoms with Crippen molar-refractivity contribution in [1.29, 1.82) is 0 Å². The molecule has 6 nitrogen and oxygen atoms in total. The highest BCUT2D eigenvalue weighted by Crippen LogP contribution is 2.31. The van der Waals surface area contributed by atoms with Crippen molar-refractivity contribution >= 4 is 55.8 Å². The van der Waals surface area contributed by atoms with Crippen LogP contribution in [0.3, 0.4) is 0 Å². The molecular weight excluding hydrogens is 476 g/mol. The van der Waals surface area contributed by atoms with Crippen molar-refractivity contribution in [2.24, 2.45) is 0 Å². The maximum atomic E-state index is 13.0. The van der Waals surface area contributed by atoms with Gasteiger partial charge in [-0.3, -0.25) is 14.2 Å². The third kappa shape index (κ3) is 4.21. The van der Waals surface area contributed by atoms with Gasteiger partial charge in [-0.2, -0.15) is 0 Å². The van der Waals surface area contributed by atoms with Crippen LogP contribution in [0.5, 0.6) is 0 Å². The van der Waals surface area contributed by atoms with E-state index in [0.717, 1.165) is 17.5 Å². The van der Waals surface area contributed by atoms with E-state index >= 15 is 0 Å². The quantitative estimate of drug-likeness (QED) is 0.241. The van der Waals surface area contributed by atoms with Crippen molar-refractivity contribution in [3.05, 3.63) is 85.5 Å². The molecular formula is C24H19ClN4O2S2. The summed E-state index contributed by atoms with van der Waals surface area (Å²) < 4.78 is 1.68. The second kappa shape index (κ2) is 9.13. The molecule has 0 unspecified atom stereocenters. The number of hydrogen-bond acceptors (Lipinski definition) is 6. The summed E-state index contributed by atoms with van der Waals surface area (Å²) >= 11 is 8.94. The highest BCUT2D eigenvalue weighted by Gasteiger charge is 2.15. The lowest BCUT2D eigenvalue weighted by atomic mass is 10.1. The van der Waals surface area contributed by atoms with Crippen LogP contribution in [-0.4, -0.2) is 19.5 Å². The van der Waals surface area contributed by atoms with Crippen LogP contribution in [0.2, 0.25) is 5.02 Å². The van der Waals surface area contributed by atoms with Gasteiger partial charge in [0.2, 0.25) is 0 Å². The molecule has 33 heavy (non-hydrogen) atoms. The van der Waals surface area contributed by atoms with E-state index in [2.05, 4.69) is 15.0 Å². The molecule has 0 saturated heterocycles. The lowest BCUT2D eigenvalue weighted by Crippen LogP contribution is -2.23. The molecule has 2 aromatic carbocycles. The van der Waals surface area contributed by atoms with Gasteiger partial charge in [0, 0.05) is 22.5 Å². The first kappa shape index (κ1) is 21.9. The topological polar surface area (TPSA) is 80.6 Å². The summed E-state index contributed by atoms with van der Waals surface area (Å²) in [5.74, 6) is 0.925. The number of fused-ring (bicyclic) bond motifs is 2. The number of nitrogens with one attached hydrogen (secondary N) is 1. The van der Waals surface area contributed by atoms with Crippen molar-refractivity contribution in [3.63, 3.8) is 0 Å². The van der Waals surface area contributed by atoms with Crippen LogP contribution in [0.1, 0.15) is 19.2 Å². The van der Waals surface area contributed by atoms with E-state index < -0.39 is 0 Å². The predicted molar refractivity (Wildman–Crippen MR) is 137 cm³/mol. The van der Waals surface area contributed by atoms with Crippen LogP contribution in [0.25, 0.3) is 32.2 Å². The summed E-state index contributed by atoms with van der Waals surface area (Å²) in [6, 6.07) is 14.9. The summed E-state index contributed by atoms with van der Waals surface area (Å²) in [7, 11) is 0.